The fourth-order valence-electron chi connectivity index (χ4n) is 1.44. The van der Waals surface area contributed by atoms with Gasteiger partial charge in [-0.3, -0.25) is 4.79 Å². The van der Waals surface area contributed by atoms with Gasteiger partial charge in [-0.1, -0.05) is 19.1 Å². The molecule has 1 aromatic carbocycles. The van der Waals surface area contributed by atoms with E-state index in [0.29, 0.717) is 0 Å². The number of aliphatic carboxylic acids is 1. The first-order valence-electron chi connectivity index (χ1n) is 5.37. The summed E-state index contributed by atoms with van der Waals surface area (Å²) < 4.78 is 26.0. The Bertz CT molecular complexity index is 595. The highest BCUT2D eigenvalue weighted by atomic mass is 32.2. The standard InChI is InChI=1S/C11H13NO6S/c1-2-8(11(15)16)12-19(17,18)9-6-4-3-5-7(9)10(13)14/h3-6,8,12H,2H2,1H3,(H,13,14)(H,15,16)/t8-/m0/s1. The van der Waals surface area contributed by atoms with E-state index in [-0.39, 0.29) is 6.42 Å². The molecule has 104 valence electrons. The van der Waals surface area contributed by atoms with E-state index in [1.54, 1.807) is 0 Å². The molecule has 0 heterocycles. The summed E-state index contributed by atoms with van der Waals surface area (Å²) in [6.07, 6.45) is 0.0454. The monoisotopic (exact) mass is 287 g/mol. The van der Waals surface area contributed by atoms with Crippen LogP contribution in [-0.2, 0) is 14.8 Å². The molecule has 0 saturated heterocycles. The number of carboxylic acids is 2. The normalized spacial score (nSPS) is 12.9. The summed E-state index contributed by atoms with van der Waals surface area (Å²) >= 11 is 0. The van der Waals surface area contributed by atoms with E-state index in [4.69, 9.17) is 10.2 Å². The molecule has 8 heteroatoms. The van der Waals surface area contributed by atoms with Crippen molar-refractivity contribution in [3.05, 3.63) is 29.8 Å². The molecule has 0 bridgehead atoms. The maximum Gasteiger partial charge on any atom is 0.337 e. The third kappa shape index (κ3) is 3.52. The average Bonchev–Trinajstić information content (AvgIpc) is 2.35. The van der Waals surface area contributed by atoms with Crippen LogP contribution in [0.1, 0.15) is 23.7 Å². The molecule has 0 aliphatic carbocycles. The van der Waals surface area contributed by atoms with Crippen molar-refractivity contribution in [1.82, 2.24) is 4.72 Å². The molecule has 0 spiro atoms. The second kappa shape index (κ2) is 5.81. The topological polar surface area (TPSA) is 121 Å². The minimum atomic E-state index is -4.20. The van der Waals surface area contributed by atoms with Crippen LogP contribution in [0, 0.1) is 0 Å². The molecule has 0 aromatic heterocycles. The predicted molar refractivity (Wildman–Crippen MR) is 65.4 cm³/mol. The Hall–Kier alpha value is -1.93. The molecular weight excluding hydrogens is 274 g/mol. The van der Waals surface area contributed by atoms with Crippen molar-refractivity contribution in [1.29, 1.82) is 0 Å². The van der Waals surface area contributed by atoms with Crippen LogP contribution in [0.4, 0.5) is 0 Å². The number of carbonyl (C=O) groups is 2. The summed E-state index contributed by atoms with van der Waals surface area (Å²) in [6, 6.07) is 3.70. The van der Waals surface area contributed by atoms with Crippen molar-refractivity contribution < 1.29 is 28.2 Å². The second-order valence-corrected chi connectivity index (χ2v) is 5.40. The lowest BCUT2D eigenvalue weighted by Gasteiger charge is -2.14. The van der Waals surface area contributed by atoms with E-state index in [9.17, 15) is 18.0 Å². The number of carboxylic acid groups (broad SMARTS) is 2. The molecule has 0 unspecified atom stereocenters. The van der Waals surface area contributed by atoms with E-state index in [0.717, 1.165) is 12.1 Å². The van der Waals surface area contributed by atoms with Crippen LogP contribution in [-0.4, -0.2) is 36.6 Å². The van der Waals surface area contributed by atoms with E-state index in [1.807, 2.05) is 4.72 Å². The highest BCUT2D eigenvalue weighted by Gasteiger charge is 2.27. The van der Waals surface area contributed by atoms with Crippen LogP contribution in [0.25, 0.3) is 0 Å². The van der Waals surface area contributed by atoms with Gasteiger partial charge in [0.05, 0.1) is 10.5 Å². The van der Waals surface area contributed by atoms with Crippen LogP contribution in [0.2, 0.25) is 0 Å². The SMILES string of the molecule is CC[C@H](NS(=O)(=O)c1ccccc1C(=O)O)C(=O)O. The smallest absolute Gasteiger partial charge is 0.337 e. The van der Waals surface area contributed by atoms with E-state index in [1.165, 1.54) is 19.1 Å². The second-order valence-electron chi connectivity index (χ2n) is 3.72. The van der Waals surface area contributed by atoms with E-state index >= 15 is 0 Å². The fraction of sp³-hybridized carbons (Fsp3) is 0.273. The van der Waals surface area contributed by atoms with Gasteiger partial charge in [0, 0.05) is 0 Å². The summed E-state index contributed by atoms with van der Waals surface area (Å²) in [5.74, 6) is -2.72. The van der Waals surface area contributed by atoms with E-state index < -0.39 is 38.5 Å². The number of benzene rings is 1. The zero-order chi connectivity index (χ0) is 14.6. The Morgan fingerprint density at radius 2 is 1.84 bits per heavy atom. The van der Waals surface area contributed by atoms with Crippen LogP contribution in [0.15, 0.2) is 29.2 Å². The molecule has 1 atom stereocenters. The lowest BCUT2D eigenvalue weighted by Crippen LogP contribution is -2.40. The van der Waals surface area contributed by atoms with Crippen molar-refractivity contribution in [3.63, 3.8) is 0 Å². The summed E-state index contributed by atoms with van der Waals surface area (Å²) in [4.78, 5) is 21.3. The number of nitrogens with one attached hydrogen (secondary N) is 1. The summed E-state index contributed by atoms with van der Waals surface area (Å²) in [5.41, 5.74) is -0.407. The molecule has 19 heavy (non-hydrogen) atoms. The van der Waals surface area contributed by atoms with Crippen LogP contribution in [0.3, 0.4) is 0 Å². The van der Waals surface area contributed by atoms with Gasteiger partial charge >= 0.3 is 11.9 Å². The first-order valence-corrected chi connectivity index (χ1v) is 6.85. The Morgan fingerprint density at radius 3 is 2.32 bits per heavy atom. The Labute approximate surface area is 109 Å². The van der Waals surface area contributed by atoms with Crippen molar-refractivity contribution in [2.45, 2.75) is 24.3 Å². The molecule has 0 amide bonds. The van der Waals surface area contributed by atoms with Gasteiger partial charge in [-0.05, 0) is 18.6 Å². The Balaban J connectivity index is 3.21. The van der Waals surface area contributed by atoms with Crippen LogP contribution in [0.5, 0.6) is 0 Å². The minimum absolute atomic E-state index is 0.0454. The van der Waals surface area contributed by atoms with E-state index in [2.05, 4.69) is 0 Å². The number of sulfonamides is 1. The molecule has 0 radical (unpaired) electrons. The maximum atomic E-state index is 12.0. The molecule has 0 fully saturated rings. The zero-order valence-electron chi connectivity index (χ0n) is 10.0. The number of aromatic carboxylic acids is 1. The molecule has 7 nitrogen and oxygen atoms in total. The van der Waals surface area contributed by atoms with Crippen molar-refractivity contribution >= 4 is 22.0 Å². The first kappa shape index (κ1) is 15.1. The van der Waals surface area contributed by atoms with Gasteiger partial charge in [-0.2, -0.15) is 4.72 Å². The molecule has 3 N–H and O–H groups in total. The Morgan fingerprint density at radius 1 is 1.26 bits per heavy atom. The molecule has 0 aliphatic heterocycles. The van der Waals surface area contributed by atoms with Gasteiger partial charge in [0.2, 0.25) is 10.0 Å². The van der Waals surface area contributed by atoms with Gasteiger partial charge in [0.25, 0.3) is 0 Å². The third-order valence-corrected chi connectivity index (χ3v) is 3.94. The molecule has 0 aliphatic rings. The number of rotatable bonds is 6. The molecule has 0 saturated carbocycles. The number of hydrogen-bond donors (Lipinski definition) is 3. The quantitative estimate of drug-likeness (QED) is 0.701. The zero-order valence-corrected chi connectivity index (χ0v) is 10.8. The van der Waals surface area contributed by atoms with Gasteiger partial charge in [-0.25, -0.2) is 13.2 Å². The highest BCUT2D eigenvalue weighted by molar-refractivity contribution is 7.89. The number of hydrogen-bond acceptors (Lipinski definition) is 4. The molecular formula is C11H13NO6S. The lowest BCUT2D eigenvalue weighted by molar-refractivity contribution is -0.139. The van der Waals surface area contributed by atoms with Crippen molar-refractivity contribution in [2.75, 3.05) is 0 Å². The van der Waals surface area contributed by atoms with Gasteiger partial charge in [0.1, 0.15) is 6.04 Å². The van der Waals surface area contributed by atoms with Crippen LogP contribution < -0.4 is 4.72 Å². The minimum Gasteiger partial charge on any atom is -0.480 e. The van der Waals surface area contributed by atoms with Crippen molar-refractivity contribution in [2.24, 2.45) is 0 Å². The Kier molecular flexibility index (Phi) is 4.62. The predicted octanol–water partition coefficient (Wildman–Crippen LogP) is 0.526. The summed E-state index contributed by atoms with van der Waals surface area (Å²) in [6.45, 7) is 1.50. The lowest BCUT2D eigenvalue weighted by atomic mass is 10.2. The van der Waals surface area contributed by atoms with Crippen molar-refractivity contribution in [3.8, 4) is 0 Å². The average molecular weight is 287 g/mol. The highest BCUT2D eigenvalue weighted by Crippen LogP contribution is 2.16. The summed E-state index contributed by atoms with van der Waals surface area (Å²) in [7, 11) is -4.20. The van der Waals surface area contributed by atoms with Gasteiger partial charge in [-0.15, -0.1) is 0 Å². The fourth-order valence-corrected chi connectivity index (χ4v) is 2.91. The molecule has 1 rings (SSSR count). The largest absolute Gasteiger partial charge is 0.480 e. The van der Waals surface area contributed by atoms with Gasteiger partial charge in [0.15, 0.2) is 0 Å². The maximum absolute atomic E-state index is 12.0. The molecule has 1 aromatic rings. The van der Waals surface area contributed by atoms with Gasteiger partial charge < -0.3 is 10.2 Å². The summed E-state index contributed by atoms with van der Waals surface area (Å²) in [5, 5.41) is 17.7. The third-order valence-electron chi connectivity index (χ3n) is 2.41. The first-order chi connectivity index (χ1) is 8.79. The van der Waals surface area contributed by atoms with Crippen LogP contribution >= 0.6 is 0 Å².